The number of aromatic nitrogens is 1. The second-order valence-electron chi connectivity index (χ2n) is 11.5. The fraction of sp³-hybridized carbons (Fsp3) is 0.303. The first-order chi connectivity index (χ1) is 16.9. The van der Waals surface area contributed by atoms with Gasteiger partial charge in [0.05, 0.1) is 34.2 Å². The van der Waals surface area contributed by atoms with Gasteiger partial charge in [-0.1, -0.05) is 102 Å². The van der Waals surface area contributed by atoms with Gasteiger partial charge in [0.2, 0.25) is 0 Å². The molecule has 0 saturated heterocycles. The highest BCUT2D eigenvalue weighted by Crippen LogP contribution is 2.33. The van der Waals surface area contributed by atoms with E-state index in [1.165, 1.54) is 11.1 Å². The van der Waals surface area contributed by atoms with E-state index < -0.39 is 0 Å². The van der Waals surface area contributed by atoms with E-state index in [1.54, 1.807) is 0 Å². The fourth-order valence-corrected chi connectivity index (χ4v) is 4.54. The van der Waals surface area contributed by atoms with Crippen molar-refractivity contribution in [3.05, 3.63) is 101 Å². The van der Waals surface area contributed by atoms with E-state index in [-0.39, 0.29) is 10.8 Å². The minimum absolute atomic E-state index is 0.00140. The van der Waals surface area contributed by atoms with Crippen molar-refractivity contribution < 1.29 is 0 Å². The molecule has 0 N–H and O–H groups in total. The first-order valence-electron chi connectivity index (χ1n) is 12.7. The molecule has 0 atom stereocenters. The van der Waals surface area contributed by atoms with Crippen LogP contribution in [0.4, 0.5) is 11.4 Å². The molecule has 0 spiro atoms. The minimum Gasteiger partial charge on any atom is -0.251 e. The number of nitrogens with zero attached hydrogens (tertiary/aromatic N) is 3. The molecular weight excluding hydrogens is 438 g/mol. The molecule has 0 aliphatic rings. The quantitative estimate of drug-likeness (QED) is 0.271. The Balaban J connectivity index is 1.87. The van der Waals surface area contributed by atoms with Gasteiger partial charge in [-0.25, -0.2) is 4.98 Å². The average molecular weight is 476 g/mol. The first-order valence-corrected chi connectivity index (χ1v) is 12.7. The summed E-state index contributed by atoms with van der Waals surface area (Å²) >= 11 is 0. The number of hydrogen-bond acceptors (Lipinski definition) is 3. The van der Waals surface area contributed by atoms with Gasteiger partial charge in [0.15, 0.2) is 0 Å². The number of hydrogen-bond donors (Lipinski definition) is 0. The molecule has 0 unspecified atom stereocenters. The molecule has 184 valence electrons. The van der Waals surface area contributed by atoms with Crippen LogP contribution in [0.1, 0.15) is 77.9 Å². The Hall–Kier alpha value is -3.59. The summed E-state index contributed by atoms with van der Waals surface area (Å²) in [5.74, 6) is 0. The maximum absolute atomic E-state index is 5.12. The van der Waals surface area contributed by atoms with Crippen molar-refractivity contribution in [1.82, 2.24) is 4.98 Å². The largest absolute Gasteiger partial charge is 0.251 e. The molecule has 36 heavy (non-hydrogen) atoms. The summed E-state index contributed by atoms with van der Waals surface area (Å²) in [7, 11) is 0. The van der Waals surface area contributed by atoms with Crippen LogP contribution in [0, 0.1) is 0 Å². The van der Waals surface area contributed by atoms with Crippen molar-refractivity contribution in [3.63, 3.8) is 0 Å². The number of para-hydroxylation sites is 2. The highest BCUT2D eigenvalue weighted by molar-refractivity contribution is 6.11. The number of fused-ring (bicyclic) bond motifs is 1. The van der Waals surface area contributed by atoms with Crippen molar-refractivity contribution in [2.24, 2.45) is 9.98 Å². The molecule has 0 radical (unpaired) electrons. The van der Waals surface area contributed by atoms with Crippen molar-refractivity contribution >= 4 is 33.6 Å². The molecule has 3 nitrogen and oxygen atoms in total. The van der Waals surface area contributed by atoms with Gasteiger partial charge < -0.3 is 0 Å². The van der Waals surface area contributed by atoms with Crippen molar-refractivity contribution in [1.29, 1.82) is 0 Å². The normalized spacial score (nSPS) is 13.3. The van der Waals surface area contributed by atoms with Crippen LogP contribution in [0.5, 0.6) is 0 Å². The minimum atomic E-state index is 0.00140. The topological polar surface area (TPSA) is 37.6 Å². The molecule has 0 fully saturated rings. The second-order valence-corrected chi connectivity index (χ2v) is 11.5. The number of rotatable bonds is 4. The van der Waals surface area contributed by atoms with Gasteiger partial charge in [-0.15, -0.1) is 0 Å². The molecule has 1 heterocycles. The average Bonchev–Trinajstić information content (AvgIpc) is 2.82. The summed E-state index contributed by atoms with van der Waals surface area (Å²) in [6, 6.07) is 27.3. The predicted molar refractivity (Wildman–Crippen MR) is 156 cm³/mol. The van der Waals surface area contributed by atoms with Crippen LogP contribution in [0.15, 0.2) is 88.8 Å². The number of aliphatic imine (C=N–C) groups is 2. The molecule has 1 aromatic heterocycles. The van der Waals surface area contributed by atoms with E-state index in [0.717, 1.165) is 45.0 Å². The Morgan fingerprint density at radius 3 is 1.64 bits per heavy atom. The lowest BCUT2D eigenvalue weighted by molar-refractivity contribution is 0.591. The van der Waals surface area contributed by atoms with E-state index in [4.69, 9.17) is 15.0 Å². The highest BCUT2D eigenvalue weighted by Gasteiger charge is 2.19. The Morgan fingerprint density at radius 1 is 0.611 bits per heavy atom. The smallest absolute Gasteiger partial charge is 0.0928 e. The van der Waals surface area contributed by atoms with Crippen molar-refractivity contribution in [2.45, 2.75) is 66.2 Å². The summed E-state index contributed by atoms with van der Waals surface area (Å²) in [4.78, 5) is 15.3. The molecule has 4 rings (SSSR count). The lowest BCUT2D eigenvalue weighted by Crippen LogP contribution is -2.12. The van der Waals surface area contributed by atoms with Crippen LogP contribution in [-0.4, -0.2) is 16.4 Å². The molecule has 0 saturated carbocycles. The van der Waals surface area contributed by atoms with Gasteiger partial charge >= 0.3 is 0 Å². The molecular formula is C33H37N3. The third-order valence-electron chi connectivity index (χ3n) is 6.45. The summed E-state index contributed by atoms with van der Waals surface area (Å²) in [6.45, 7) is 17.4. The van der Waals surface area contributed by atoms with Gasteiger partial charge in [-0.3, -0.25) is 9.98 Å². The molecule has 0 aliphatic heterocycles. The van der Waals surface area contributed by atoms with Gasteiger partial charge in [0.1, 0.15) is 0 Å². The Bertz CT molecular complexity index is 1460. The molecule has 0 amide bonds. The van der Waals surface area contributed by atoms with Gasteiger partial charge in [-0.05, 0) is 59.4 Å². The molecule has 4 aromatic rings. The van der Waals surface area contributed by atoms with E-state index in [1.807, 2.05) is 19.1 Å². The Kier molecular flexibility index (Phi) is 6.95. The maximum Gasteiger partial charge on any atom is 0.0928 e. The number of benzene rings is 3. The van der Waals surface area contributed by atoms with Crippen LogP contribution >= 0.6 is 0 Å². The van der Waals surface area contributed by atoms with Crippen LogP contribution < -0.4 is 0 Å². The SMILES string of the molecule is CC(=Nc1ccccc1C(C)(C)C)c1cc2ccccc2c(C(C)=Nc2ccccc2C(C)(C)C)n1. The standard InChI is InChI=1S/C33H37N3/c1-22(34-28-19-13-11-17-26(28)32(3,4)5)30-21-24-15-9-10-16-25(24)31(36-30)23(2)35-29-20-14-12-18-27(29)33(6,7)8/h9-21H,1-8H3. The number of pyridine rings is 1. The zero-order chi connectivity index (χ0) is 26.1. The molecule has 0 aliphatic carbocycles. The van der Waals surface area contributed by atoms with Crippen LogP contribution in [0.2, 0.25) is 0 Å². The summed E-state index contributed by atoms with van der Waals surface area (Å²) < 4.78 is 0. The zero-order valence-corrected chi connectivity index (χ0v) is 22.8. The third-order valence-corrected chi connectivity index (χ3v) is 6.45. The van der Waals surface area contributed by atoms with E-state index >= 15 is 0 Å². The zero-order valence-electron chi connectivity index (χ0n) is 22.8. The van der Waals surface area contributed by atoms with E-state index in [0.29, 0.717) is 0 Å². The predicted octanol–water partition coefficient (Wildman–Crippen LogP) is 9.11. The summed E-state index contributed by atoms with van der Waals surface area (Å²) in [5, 5.41) is 2.23. The van der Waals surface area contributed by atoms with Crippen LogP contribution in [0.25, 0.3) is 10.8 Å². The van der Waals surface area contributed by atoms with Gasteiger partial charge in [0.25, 0.3) is 0 Å². The first kappa shape index (κ1) is 25.5. The summed E-state index contributed by atoms with van der Waals surface area (Å²) in [5.41, 5.74) is 7.98. The Morgan fingerprint density at radius 2 is 1.08 bits per heavy atom. The highest BCUT2D eigenvalue weighted by atomic mass is 14.8. The van der Waals surface area contributed by atoms with Crippen molar-refractivity contribution in [3.8, 4) is 0 Å². The van der Waals surface area contributed by atoms with Gasteiger partial charge in [0, 0.05) is 5.39 Å². The molecule has 3 heteroatoms. The van der Waals surface area contributed by atoms with Crippen molar-refractivity contribution in [2.75, 3.05) is 0 Å². The fourth-order valence-electron chi connectivity index (χ4n) is 4.54. The van der Waals surface area contributed by atoms with E-state index in [9.17, 15) is 0 Å². The van der Waals surface area contributed by atoms with E-state index in [2.05, 4.69) is 115 Å². The Labute approximate surface area is 216 Å². The van der Waals surface area contributed by atoms with Crippen LogP contribution in [-0.2, 0) is 10.8 Å². The monoisotopic (exact) mass is 475 g/mol. The molecule has 0 bridgehead atoms. The lowest BCUT2D eigenvalue weighted by Gasteiger charge is -2.21. The molecule has 3 aromatic carbocycles. The third kappa shape index (κ3) is 5.46. The lowest BCUT2D eigenvalue weighted by atomic mass is 9.86. The van der Waals surface area contributed by atoms with Gasteiger partial charge in [-0.2, -0.15) is 0 Å². The summed E-state index contributed by atoms with van der Waals surface area (Å²) in [6.07, 6.45) is 0. The maximum atomic E-state index is 5.12. The second kappa shape index (κ2) is 9.81. The van der Waals surface area contributed by atoms with Crippen LogP contribution in [0.3, 0.4) is 0 Å².